The molecule has 0 bridgehead atoms. The molecular weight excluding hydrogens is 667 g/mol. The molecule has 2 aromatic carbocycles. The van der Waals surface area contributed by atoms with Gasteiger partial charge in [0.1, 0.15) is 22.8 Å². The zero-order valence-electron chi connectivity index (χ0n) is 28.8. The highest BCUT2D eigenvalue weighted by atomic mass is 19.1. The standard InChI is InChI=1S/C19H17FN4O2.C19H18N4O3/c1-3-24-19(26)17(22-14-10-7-11-21-18(14)20)15(12(2)25)16(23-24)13-8-5-4-6-9-13;1-3-23-19(26)18(21-14-9-10-15(25)20-11-14)16(12(2)24)17(22-23)13-7-5-4-6-8-13/h4-11,22H,3H2,1-2H3;4-11,21H,3H2,1-2H3,(H,20,25). The second kappa shape index (κ2) is 16.3. The molecule has 6 rings (SSSR count). The van der Waals surface area contributed by atoms with Crippen LogP contribution in [0.4, 0.5) is 27.1 Å². The first kappa shape index (κ1) is 36.5. The Balaban J connectivity index is 0.000000201. The molecule has 4 aromatic heterocycles. The van der Waals surface area contributed by atoms with Crippen molar-refractivity contribution in [2.75, 3.05) is 10.6 Å². The summed E-state index contributed by atoms with van der Waals surface area (Å²) < 4.78 is 16.5. The summed E-state index contributed by atoms with van der Waals surface area (Å²) in [6.07, 6.45) is 2.75. The number of carbonyl (C=O) groups excluding carboxylic acids is 2. The van der Waals surface area contributed by atoms with E-state index in [1.807, 2.05) is 48.5 Å². The highest BCUT2D eigenvalue weighted by Gasteiger charge is 2.24. The van der Waals surface area contributed by atoms with E-state index < -0.39 is 17.1 Å². The number of aromatic nitrogens is 6. The lowest BCUT2D eigenvalue weighted by Gasteiger charge is -2.16. The molecule has 0 radical (unpaired) electrons. The van der Waals surface area contributed by atoms with E-state index in [0.717, 1.165) is 5.56 Å². The monoisotopic (exact) mass is 702 g/mol. The molecule has 0 saturated carbocycles. The van der Waals surface area contributed by atoms with Crippen LogP contribution in [0.2, 0.25) is 0 Å². The number of benzene rings is 2. The van der Waals surface area contributed by atoms with Gasteiger partial charge in [-0.25, -0.2) is 14.3 Å². The maximum absolute atomic E-state index is 14.0. The molecule has 0 saturated heterocycles. The lowest BCUT2D eigenvalue weighted by molar-refractivity contribution is 0.101. The van der Waals surface area contributed by atoms with Gasteiger partial charge in [0.05, 0.1) is 22.5 Å². The van der Waals surface area contributed by atoms with E-state index in [4.69, 9.17) is 0 Å². The number of anilines is 4. The van der Waals surface area contributed by atoms with Crippen LogP contribution < -0.4 is 27.3 Å². The van der Waals surface area contributed by atoms with Crippen LogP contribution in [-0.2, 0) is 13.1 Å². The maximum Gasteiger partial charge on any atom is 0.291 e. The molecule has 0 aliphatic carbocycles. The van der Waals surface area contributed by atoms with Gasteiger partial charge in [-0.15, -0.1) is 0 Å². The molecule has 3 N–H and O–H groups in total. The zero-order valence-corrected chi connectivity index (χ0v) is 28.8. The van der Waals surface area contributed by atoms with Crippen molar-refractivity contribution in [2.24, 2.45) is 0 Å². The van der Waals surface area contributed by atoms with E-state index >= 15 is 0 Å². The molecule has 0 unspecified atom stereocenters. The van der Waals surface area contributed by atoms with Crippen molar-refractivity contribution >= 4 is 34.3 Å². The number of nitrogens with one attached hydrogen (secondary N) is 3. The number of nitrogens with zero attached hydrogens (tertiary/aromatic N) is 5. The topological polar surface area (TPSA) is 174 Å². The summed E-state index contributed by atoms with van der Waals surface area (Å²) in [5.74, 6) is -1.38. The van der Waals surface area contributed by atoms with Crippen molar-refractivity contribution in [1.29, 1.82) is 0 Å². The van der Waals surface area contributed by atoms with Gasteiger partial charge in [0, 0.05) is 42.7 Å². The molecule has 52 heavy (non-hydrogen) atoms. The summed E-state index contributed by atoms with van der Waals surface area (Å²) in [4.78, 5) is 67.6. The van der Waals surface area contributed by atoms with Crippen molar-refractivity contribution < 1.29 is 14.0 Å². The predicted octanol–water partition coefficient (Wildman–Crippen LogP) is 5.98. The smallest absolute Gasteiger partial charge is 0.291 e. The van der Waals surface area contributed by atoms with Crippen LogP contribution in [0.25, 0.3) is 22.5 Å². The van der Waals surface area contributed by atoms with Crippen LogP contribution in [0.5, 0.6) is 0 Å². The maximum atomic E-state index is 14.0. The number of hydrogen-bond donors (Lipinski definition) is 3. The first-order chi connectivity index (χ1) is 25.0. The Kier molecular flexibility index (Phi) is 11.4. The number of carbonyl (C=O) groups is 2. The number of aryl methyl sites for hydroxylation is 2. The highest BCUT2D eigenvalue weighted by molar-refractivity contribution is 6.06. The Morgan fingerprint density at radius 1 is 0.692 bits per heavy atom. The number of H-pyrrole nitrogens is 1. The van der Waals surface area contributed by atoms with E-state index in [9.17, 15) is 28.4 Å². The fourth-order valence-corrected chi connectivity index (χ4v) is 5.33. The average Bonchev–Trinajstić information content (AvgIpc) is 3.15. The number of halogens is 1. The average molecular weight is 703 g/mol. The Morgan fingerprint density at radius 2 is 1.19 bits per heavy atom. The number of hydrogen-bond acceptors (Lipinski definition) is 10. The van der Waals surface area contributed by atoms with E-state index in [2.05, 4.69) is 30.8 Å². The molecular formula is C38H35FN8O5. The second-order valence-corrected chi connectivity index (χ2v) is 11.3. The molecule has 4 heterocycles. The molecule has 0 fully saturated rings. The summed E-state index contributed by atoms with van der Waals surface area (Å²) in [6.45, 7) is 6.99. The molecule has 14 heteroatoms. The molecule has 0 atom stereocenters. The number of aromatic amines is 1. The molecule has 0 aliphatic rings. The lowest BCUT2D eigenvalue weighted by Crippen LogP contribution is -2.28. The molecule has 0 amide bonds. The fourth-order valence-electron chi connectivity index (χ4n) is 5.33. The highest BCUT2D eigenvalue weighted by Crippen LogP contribution is 2.29. The number of rotatable bonds is 10. The van der Waals surface area contributed by atoms with Crippen LogP contribution in [0, 0.1) is 5.95 Å². The SMILES string of the molecule is CCn1nc(-c2ccccc2)c(C(C)=O)c(Nc2ccc(=O)[nH]c2)c1=O.CCn1nc(-c2ccccc2)c(C(C)=O)c(Nc2cccnc2F)c1=O. The van der Waals surface area contributed by atoms with Gasteiger partial charge in [-0.05, 0) is 45.9 Å². The number of pyridine rings is 2. The minimum absolute atomic E-state index is 0.0138. The quantitative estimate of drug-likeness (QED) is 0.114. The van der Waals surface area contributed by atoms with Gasteiger partial charge in [0.2, 0.25) is 11.5 Å². The summed E-state index contributed by atoms with van der Waals surface area (Å²) in [6, 6.07) is 24.2. The Bertz CT molecular complexity index is 2410. The molecule has 264 valence electrons. The van der Waals surface area contributed by atoms with Crippen LogP contribution in [0.15, 0.2) is 112 Å². The summed E-state index contributed by atoms with van der Waals surface area (Å²) in [7, 11) is 0. The number of ketones is 2. The zero-order chi connectivity index (χ0) is 37.4. The molecule has 0 aliphatic heterocycles. The van der Waals surface area contributed by atoms with Gasteiger partial charge in [0.15, 0.2) is 11.6 Å². The summed E-state index contributed by atoms with van der Waals surface area (Å²) in [5, 5.41) is 14.4. The first-order valence-electron chi connectivity index (χ1n) is 16.3. The van der Waals surface area contributed by atoms with Gasteiger partial charge in [0.25, 0.3) is 11.1 Å². The van der Waals surface area contributed by atoms with Gasteiger partial charge < -0.3 is 15.6 Å². The minimum Gasteiger partial charge on any atom is -0.349 e. The van der Waals surface area contributed by atoms with E-state index in [0.29, 0.717) is 35.7 Å². The fraction of sp³-hybridized carbons (Fsp3) is 0.158. The largest absolute Gasteiger partial charge is 0.349 e. The second-order valence-electron chi connectivity index (χ2n) is 11.3. The predicted molar refractivity (Wildman–Crippen MR) is 197 cm³/mol. The van der Waals surface area contributed by atoms with Crippen molar-refractivity contribution in [3.8, 4) is 22.5 Å². The Morgan fingerprint density at radius 3 is 1.62 bits per heavy atom. The van der Waals surface area contributed by atoms with Crippen molar-refractivity contribution in [3.63, 3.8) is 0 Å². The van der Waals surface area contributed by atoms with Gasteiger partial charge in [-0.3, -0.25) is 24.0 Å². The third kappa shape index (κ3) is 7.97. The summed E-state index contributed by atoms with van der Waals surface area (Å²) >= 11 is 0. The van der Waals surface area contributed by atoms with Gasteiger partial charge in [-0.2, -0.15) is 14.6 Å². The first-order valence-corrected chi connectivity index (χ1v) is 16.3. The molecule has 13 nitrogen and oxygen atoms in total. The molecule has 6 aromatic rings. The minimum atomic E-state index is -0.762. The van der Waals surface area contributed by atoms with Crippen LogP contribution in [0.3, 0.4) is 0 Å². The van der Waals surface area contributed by atoms with Crippen LogP contribution in [-0.4, -0.2) is 41.1 Å². The van der Waals surface area contributed by atoms with Gasteiger partial charge >= 0.3 is 0 Å². The third-order valence-corrected chi connectivity index (χ3v) is 7.78. The van der Waals surface area contributed by atoms with Gasteiger partial charge in [-0.1, -0.05) is 60.7 Å². The van der Waals surface area contributed by atoms with Crippen molar-refractivity contribution in [3.05, 3.63) is 145 Å². The summed E-state index contributed by atoms with van der Waals surface area (Å²) in [5.41, 5.74) is 2.05. The van der Waals surface area contributed by atoms with Crippen molar-refractivity contribution in [1.82, 2.24) is 29.5 Å². The van der Waals surface area contributed by atoms with E-state index in [1.165, 1.54) is 53.8 Å². The Hall–Kier alpha value is -6.83. The lowest BCUT2D eigenvalue weighted by atomic mass is 10.0. The third-order valence-electron chi connectivity index (χ3n) is 7.78. The van der Waals surface area contributed by atoms with Crippen LogP contribution >= 0.6 is 0 Å². The van der Waals surface area contributed by atoms with Crippen LogP contribution in [0.1, 0.15) is 48.4 Å². The number of Topliss-reactive ketones (excluding diaryl/α,β-unsaturated/α-hetero) is 2. The van der Waals surface area contributed by atoms with E-state index in [-0.39, 0.29) is 45.3 Å². The molecule has 0 spiro atoms. The normalized spacial score (nSPS) is 10.6. The Labute approximate surface area is 296 Å². The van der Waals surface area contributed by atoms with Crippen molar-refractivity contribution in [2.45, 2.75) is 40.8 Å². The van der Waals surface area contributed by atoms with E-state index in [1.54, 1.807) is 32.0 Å².